The third kappa shape index (κ3) is 4.60. The van der Waals surface area contributed by atoms with Gasteiger partial charge in [-0.3, -0.25) is 19.8 Å². The monoisotopic (exact) mass is 522 g/mol. The zero-order chi connectivity index (χ0) is 26.4. The molecule has 0 atom stereocenters. The number of benzene rings is 2. The van der Waals surface area contributed by atoms with Crippen LogP contribution in [0.3, 0.4) is 0 Å². The molecule has 0 amide bonds. The molecule has 4 aromatic heterocycles. The van der Waals surface area contributed by atoms with Crippen LogP contribution >= 0.6 is 9.39 Å². The van der Waals surface area contributed by atoms with E-state index in [9.17, 15) is 4.39 Å². The van der Waals surface area contributed by atoms with Crippen molar-refractivity contribution in [2.75, 3.05) is 6.26 Å². The van der Waals surface area contributed by atoms with Crippen LogP contribution in [0.25, 0.3) is 55.4 Å². The van der Waals surface area contributed by atoms with Crippen LogP contribution in [0.4, 0.5) is 4.39 Å². The summed E-state index contributed by atoms with van der Waals surface area (Å²) in [5, 5.41) is 9.71. The van der Waals surface area contributed by atoms with Gasteiger partial charge in [0.05, 0.1) is 22.9 Å². The SMILES string of the molecule is C=S(=C)(C)NCc1cc(F)cc(-c2cncc3[nH]c(-c4n[nH]c5ccc(-c6cnccc6C)cc45)cc23)c1. The second-order valence-electron chi connectivity index (χ2n) is 9.80. The van der Waals surface area contributed by atoms with Gasteiger partial charge in [-0.05, 0) is 77.9 Å². The highest BCUT2D eigenvalue weighted by Crippen LogP contribution is 2.35. The van der Waals surface area contributed by atoms with E-state index in [0.717, 1.165) is 66.6 Å². The normalized spacial score (nSPS) is 12.0. The van der Waals surface area contributed by atoms with Crippen LogP contribution in [0.1, 0.15) is 11.1 Å². The number of nitrogens with zero attached hydrogens (tertiary/aromatic N) is 3. The Bertz CT molecular complexity index is 1930. The van der Waals surface area contributed by atoms with E-state index in [0.29, 0.717) is 6.54 Å². The van der Waals surface area contributed by atoms with E-state index in [1.54, 1.807) is 24.7 Å². The lowest BCUT2D eigenvalue weighted by Gasteiger charge is -2.12. The highest BCUT2D eigenvalue weighted by Gasteiger charge is 2.16. The molecular weight excluding hydrogens is 495 g/mol. The Labute approximate surface area is 220 Å². The number of aryl methyl sites for hydroxylation is 1. The molecule has 6 rings (SSSR count). The molecule has 2 aromatic carbocycles. The molecule has 0 radical (unpaired) electrons. The van der Waals surface area contributed by atoms with E-state index in [4.69, 9.17) is 0 Å². The van der Waals surface area contributed by atoms with Crippen LogP contribution in [0.15, 0.2) is 73.3 Å². The molecule has 8 heteroatoms. The summed E-state index contributed by atoms with van der Waals surface area (Å²) in [6.07, 6.45) is 9.20. The standard InChI is InChI=1S/C30H27FN6S/c1-18-7-8-32-15-25(18)20-5-6-27-24(12-20)30(37-36-27)28-13-23-26(16-33-17-29(23)35-28)21-9-19(10-22(31)11-21)14-34-38(2,3)4/h5-13,15-17,34-35H,2-3,14H2,1,4H3,(H,36,37). The van der Waals surface area contributed by atoms with Gasteiger partial charge in [0.1, 0.15) is 11.5 Å². The average Bonchev–Trinajstić information content (AvgIpc) is 3.50. The molecule has 0 fully saturated rings. The van der Waals surface area contributed by atoms with E-state index in [-0.39, 0.29) is 5.82 Å². The fraction of sp³-hybridized carbons (Fsp3) is 0.100. The molecule has 0 saturated heterocycles. The average molecular weight is 523 g/mol. The Balaban J connectivity index is 1.44. The zero-order valence-electron chi connectivity index (χ0n) is 21.2. The number of hydrogen-bond donors (Lipinski definition) is 3. The summed E-state index contributed by atoms with van der Waals surface area (Å²) in [6, 6.07) is 15.4. The van der Waals surface area contributed by atoms with E-state index in [1.165, 1.54) is 6.07 Å². The number of aromatic amines is 2. The third-order valence-corrected chi connectivity index (χ3v) is 7.45. The maximum Gasteiger partial charge on any atom is 0.124 e. The fourth-order valence-corrected chi connectivity index (χ4v) is 5.24. The molecule has 38 heavy (non-hydrogen) atoms. The van der Waals surface area contributed by atoms with Gasteiger partial charge in [-0.2, -0.15) is 14.5 Å². The van der Waals surface area contributed by atoms with E-state index >= 15 is 0 Å². The van der Waals surface area contributed by atoms with Gasteiger partial charge >= 0.3 is 0 Å². The number of nitrogens with one attached hydrogen (secondary N) is 3. The molecule has 4 heterocycles. The van der Waals surface area contributed by atoms with Crippen LogP contribution in [-0.2, 0) is 6.54 Å². The van der Waals surface area contributed by atoms with Gasteiger partial charge in [0.2, 0.25) is 0 Å². The highest BCUT2D eigenvalue weighted by atomic mass is 32.2. The van der Waals surface area contributed by atoms with E-state index in [1.807, 2.05) is 30.7 Å². The molecule has 6 aromatic rings. The van der Waals surface area contributed by atoms with Gasteiger partial charge < -0.3 is 4.98 Å². The fourth-order valence-electron chi connectivity index (χ4n) is 4.73. The number of pyridine rings is 2. The van der Waals surface area contributed by atoms with Crippen LogP contribution < -0.4 is 4.72 Å². The molecule has 3 N–H and O–H groups in total. The molecule has 0 aliphatic carbocycles. The number of halogens is 1. The largest absolute Gasteiger partial charge is 0.352 e. The van der Waals surface area contributed by atoms with Crippen molar-refractivity contribution in [3.8, 4) is 33.6 Å². The van der Waals surface area contributed by atoms with Crippen molar-refractivity contribution in [3.05, 3.63) is 90.3 Å². The topological polar surface area (TPSA) is 82.3 Å². The van der Waals surface area contributed by atoms with Gasteiger partial charge in [0, 0.05) is 47.0 Å². The summed E-state index contributed by atoms with van der Waals surface area (Å²) in [7, 11) is -1.41. The van der Waals surface area contributed by atoms with Gasteiger partial charge in [-0.15, -0.1) is 0 Å². The number of hydrogen-bond acceptors (Lipinski definition) is 4. The Hall–Kier alpha value is -4.27. The summed E-state index contributed by atoms with van der Waals surface area (Å²) in [6.45, 7) is 2.57. The first kappa shape index (κ1) is 24.1. The quantitative estimate of drug-likeness (QED) is 0.216. The lowest BCUT2D eigenvalue weighted by Crippen LogP contribution is -2.08. The van der Waals surface area contributed by atoms with Crippen molar-refractivity contribution in [2.24, 2.45) is 0 Å². The van der Waals surface area contributed by atoms with Gasteiger partial charge in [0.25, 0.3) is 0 Å². The maximum absolute atomic E-state index is 14.6. The zero-order valence-corrected chi connectivity index (χ0v) is 22.0. The van der Waals surface area contributed by atoms with Crippen LogP contribution in [0.5, 0.6) is 0 Å². The van der Waals surface area contributed by atoms with Crippen molar-refractivity contribution in [1.29, 1.82) is 0 Å². The Morgan fingerprint density at radius 3 is 2.55 bits per heavy atom. The van der Waals surface area contributed by atoms with Crippen molar-refractivity contribution >= 4 is 42.9 Å². The summed E-state index contributed by atoms with van der Waals surface area (Å²) in [5.74, 6) is 7.80. The van der Waals surface area contributed by atoms with Crippen LogP contribution in [-0.4, -0.2) is 43.1 Å². The first-order chi connectivity index (χ1) is 18.2. The van der Waals surface area contributed by atoms with Crippen molar-refractivity contribution in [1.82, 2.24) is 29.9 Å². The Morgan fingerprint density at radius 1 is 0.895 bits per heavy atom. The Morgan fingerprint density at radius 2 is 1.74 bits per heavy atom. The molecule has 0 bridgehead atoms. The number of rotatable bonds is 6. The third-order valence-electron chi connectivity index (χ3n) is 6.61. The number of aromatic nitrogens is 5. The lowest BCUT2D eigenvalue weighted by molar-refractivity contribution is 0.625. The molecule has 6 nitrogen and oxygen atoms in total. The predicted octanol–water partition coefficient (Wildman–Crippen LogP) is 6.59. The minimum atomic E-state index is -1.41. The summed E-state index contributed by atoms with van der Waals surface area (Å²) in [4.78, 5) is 12.2. The molecule has 0 unspecified atom stereocenters. The summed E-state index contributed by atoms with van der Waals surface area (Å²) >= 11 is 0. The van der Waals surface area contributed by atoms with Crippen LogP contribution in [0.2, 0.25) is 0 Å². The van der Waals surface area contributed by atoms with Crippen molar-refractivity contribution in [2.45, 2.75) is 13.5 Å². The van der Waals surface area contributed by atoms with Gasteiger partial charge in [-0.25, -0.2) is 4.39 Å². The number of H-pyrrole nitrogens is 2. The molecule has 0 aliphatic heterocycles. The van der Waals surface area contributed by atoms with Crippen molar-refractivity contribution in [3.63, 3.8) is 0 Å². The maximum atomic E-state index is 14.6. The van der Waals surface area contributed by atoms with Crippen LogP contribution in [0, 0.1) is 12.7 Å². The molecule has 0 saturated carbocycles. The minimum absolute atomic E-state index is 0.298. The second-order valence-corrected chi connectivity index (χ2v) is 12.6. The molecule has 190 valence electrons. The van der Waals surface area contributed by atoms with Crippen molar-refractivity contribution < 1.29 is 4.39 Å². The smallest absolute Gasteiger partial charge is 0.124 e. The lowest BCUT2D eigenvalue weighted by atomic mass is 10.00. The van der Waals surface area contributed by atoms with Gasteiger partial charge in [-0.1, -0.05) is 17.8 Å². The minimum Gasteiger partial charge on any atom is -0.352 e. The highest BCUT2D eigenvalue weighted by molar-refractivity contribution is 8.25. The Kier molecular flexibility index (Phi) is 5.86. The first-order valence-corrected chi connectivity index (χ1v) is 14.5. The van der Waals surface area contributed by atoms with E-state index < -0.39 is 9.39 Å². The summed E-state index contributed by atoms with van der Waals surface area (Å²) < 4.78 is 17.9. The molecule has 0 spiro atoms. The predicted molar refractivity (Wildman–Crippen MR) is 159 cm³/mol. The summed E-state index contributed by atoms with van der Waals surface area (Å²) in [5.41, 5.74) is 9.21. The first-order valence-electron chi connectivity index (χ1n) is 12.1. The van der Waals surface area contributed by atoms with E-state index in [2.05, 4.69) is 66.7 Å². The molecular formula is C30H27FN6S. The number of fused-ring (bicyclic) bond motifs is 2. The van der Waals surface area contributed by atoms with Gasteiger partial charge in [0.15, 0.2) is 0 Å². The molecule has 0 aliphatic rings. The second kappa shape index (κ2) is 9.24.